The monoisotopic (exact) mass is 629 g/mol. The van der Waals surface area contributed by atoms with Gasteiger partial charge in [-0.2, -0.15) is 0 Å². The lowest BCUT2D eigenvalue weighted by Gasteiger charge is -2.60. The summed E-state index contributed by atoms with van der Waals surface area (Å²) in [5.41, 5.74) is 0.716. The second-order valence-electron chi connectivity index (χ2n) is 18.3. The van der Waals surface area contributed by atoms with Gasteiger partial charge in [-0.05, 0) is 137 Å². The smallest absolute Gasteiger partial charge is 0.170 e. The molecule has 8 rings (SSSR count). The van der Waals surface area contributed by atoms with Crippen molar-refractivity contribution in [2.75, 3.05) is 39.5 Å². The summed E-state index contributed by atoms with van der Waals surface area (Å²) in [6, 6.07) is 0.532. The lowest BCUT2D eigenvalue weighted by Crippen LogP contribution is -2.56. The van der Waals surface area contributed by atoms with Crippen LogP contribution < -0.4 is 0 Å². The molecule has 13 unspecified atom stereocenters. The van der Waals surface area contributed by atoms with E-state index in [2.05, 4.69) is 25.7 Å². The molecule has 5 saturated carbocycles. The highest BCUT2D eigenvalue weighted by molar-refractivity contribution is 5.29. The second-order valence-corrected chi connectivity index (χ2v) is 18.3. The van der Waals surface area contributed by atoms with Crippen LogP contribution in [-0.2, 0) is 23.7 Å². The highest BCUT2D eigenvalue weighted by atomic mass is 16.7. The fraction of sp³-hybridized carbons (Fsp3) is 1.00. The zero-order chi connectivity index (χ0) is 31.4. The summed E-state index contributed by atoms with van der Waals surface area (Å²) < 4.78 is 32.0. The summed E-state index contributed by atoms with van der Waals surface area (Å²) in [5, 5.41) is 10.9. The SMILES string of the molecule is CCOC(C1CCC2C(CC3C4CCC5C(C)(C)C(OC6CN(C7CCOC7)CCO6)CCC56CC46CCC23C)O1)C(C)(C)O. The van der Waals surface area contributed by atoms with Crippen molar-refractivity contribution in [3.8, 4) is 0 Å². The van der Waals surface area contributed by atoms with E-state index in [9.17, 15) is 5.11 Å². The van der Waals surface area contributed by atoms with Gasteiger partial charge in [0.1, 0.15) is 6.10 Å². The van der Waals surface area contributed by atoms with Crippen LogP contribution in [0.15, 0.2) is 0 Å². The topological polar surface area (TPSA) is 69.6 Å². The minimum absolute atomic E-state index is 0.00489. The third-order valence-electron chi connectivity index (χ3n) is 15.7. The first-order chi connectivity index (χ1) is 21.4. The molecular formula is C38H63NO6. The number of hydrogen-bond acceptors (Lipinski definition) is 7. The number of ether oxygens (including phenoxy) is 5. The lowest BCUT2D eigenvalue weighted by atomic mass is 9.46. The molecule has 7 heteroatoms. The average molecular weight is 630 g/mol. The maximum atomic E-state index is 10.9. The normalized spacial score (nSPS) is 51.4. The predicted octanol–water partition coefficient (Wildman–Crippen LogP) is 6.20. The van der Waals surface area contributed by atoms with Crippen molar-refractivity contribution in [3.05, 3.63) is 0 Å². The molecule has 5 aliphatic carbocycles. The van der Waals surface area contributed by atoms with Gasteiger partial charge < -0.3 is 28.8 Å². The van der Waals surface area contributed by atoms with Crippen molar-refractivity contribution in [2.45, 2.75) is 155 Å². The first-order valence-electron chi connectivity index (χ1n) is 19.0. The highest BCUT2D eigenvalue weighted by Crippen LogP contribution is 2.87. The average Bonchev–Trinajstić information content (AvgIpc) is 3.26. The van der Waals surface area contributed by atoms with Crippen molar-refractivity contribution in [1.82, 2.24) is 4.90 Å². The van der Waals surface area contributed by atoms with Gasteiger partial charge in [-0.25, -0.2) is 0 Å². The van der Waals surface area contributed by atoms with Crippen LogP contribution in [0.1, 0.15) is 112 Å². The number of hydrogen-bond donors (Lipinski definition) is 1. The van der Waals surface area contributed by atoms with E-state index in [1.807, 2.05) is 20.8 Å². The van der Waals surface area contributed by atoms with Crippen molar-refractivity contribution in [1.29, 1.82) is 0 Å². The molecule has 0 bridgehead atoms. The molecule has 0 radical (unpaired) electrons. The molecule has 0 aromatic carbocycles. The minimum Gasteiger partial charge on any atom is -0.388 e. The van der Waals surface area contributed by atoms with Crippen LogP contribution >= 0.6 is 0 Å². The maximum absolute atomic E-state index is 10.9. The summed E-state index contributed by atoms with van der Waals surface area (Å²) >= 11 is 0. The number of fused-ring (bicyclic) bond motifs is 4. The van der Waals surface area contributed by atoms with Gasteiger partial charge in [-0.3, -0.25) is 4.90 Å². The Labute approximate surface area is 272 Å². The van der Waals surface area contributed by atoms with Crippen LogP contribution in [0.2, 0.25) is 0 Å². The molecule has 3 saturated heterocycles. The fourth-order valence-electron chi connectivity index (χ4n) is 13.7. The first-order valence-corrected chi connectivity index (χ1v) is 19.0. The van der Waals surface area contributed by atoms with Gasteiger partial charge in [-0.1, -0.05) is 20.8 Å². The zero-order valence-corrected chi connectivity index (χ0v) is 29.2. The van der Waals surface area contributed by atoms with Crippen LogP contribution in [0.5, 0.6) is 0 Å². The Morgan fingerprint density at radius 1 is 0.933 bits per heavy atom. The van der Waals surface area contributed by atoms with E-state index >= 15 is 0 Å². The number of rotatable bonds is 7. The van der Waals surface area contributed by atoms with Crippen LogP contribution in [0, 0.1) is 45.3 Å². The Morgan fingerprint density at radius 2 is 1.76 bits per heavy atom. The van der Waals surface area contributed by atoms with Gasteiger partial charge in [0.05, 0.1) is 37.1 Å². The van der Waals surface area contributed by atoms with E-state index in [0.717, 1.165) is 63.5 Å². The van der Waals surface area contributed by atoms with Crippen LogP contribution in [0.3, 0.4) is 0 Å². The molecule has 0 amide bonds. The van der Waals surface area contributed by atoms with E-state index in [4.69, 9.17) is 23.7 Å². The number of aliphatic hydroxyl groups is 1. The Morgan fingerprint density at radius 3 is 2.51 bits per heavy atom. The van der Waals surface area contributed by atoms with Crippen LogP contribution in [-0.4, -0.2) is 91.9 Å². The van der Waals surface area contributed by atoms with Gasteiger partial charge in [-0.15, -0.1) is 0 Å². The molecule has 3 heterocycles. The first kappa shape index (κ1) is 32.0. The lowest BCUT2D eigenvalue weighted by molar-refractivity contribution is -0.247. The van der Waals surface area contributed by atoms with Crippen LogP contribution in [0.25, 0.3) is 0 Å². The summed E-state index contributed by atoms with van der Waals surface area (Å²) in [6.45, 7) is 18.6. The van der Waals surface area contributed by atoms with Gasteiger partial charge >= 0.3 is 0 Å². The zero-order valence-electron chi connectivity index (χ0n) is 29.2. The van der Waals surface area contributed by atoms with E-state index in [1.54, 1.807) is 0 Å². The third-order valence-corrected chi connectivity index (χ3v) is 15.7. The Bertz CT molecular complexity index is 1100. The molecule has 1 N–H and O–H groups in total. The molecule has 0 aromatic rings. The molecule has 256 valence electrons. The van der Waals surface area contributed by atoms with Crippen molar-refractivity contribution >= 4 is 0 Å². The summed E-state index contributed by atoms with van der Waals surface area (Å²) in [6.07, 6.45) is 14.3. The second kappa shape index (κ2) is 11.1. The maximum Gasteiger partial charge on any atom is 0.170 e. The fourth-order valence-corrected chi connectivity index (χ4v) is 13.7. The molecule has 7 nitrogen and oxygen atoms in total. The van der Waals surface area contributed by atoms with E-state index in [0.29, 0.717) is 40.9 Å². The minimum atomic E-state index is -0.894. The Hall–Kier alpha value is -0.280. The predicted molar refractivity (Wildman–Crippen MR) is 173 cm³/mol. The molecule has 0 aromatic heterocycles. The third kappa shape index (κ3) is 4.81. The largest absolute Gasteiger partial charge is 0.388 e. The van der Waals surface area contributed by atoms with Crippen molar-refractivity contribution in [3.63, 3.8) is 0 Å². The summed E-state index contributed by atoms with van der Waals surface area (Å²) in [4.78, 5) is 2.56. The molecular weight excluding hydrogens is 566 g/mol. The highest BCUT2D eigenvalue weighted by Gasteiger charge is 2.80. The molecule has 2 spiro atoms. The van der Waals surface area contributed by atoms with Gasteiger partial charge in [0, 0.05) is 32.3 Å². The number of morpholine rings is 1. The Kier molecular flexibility index (Phi) is 7.89. The summed E-state index contributed by atoms with van der Waals surface area (Å²) in [7, 11) is 0. The van der Waals surface area contributed by atoms with Gasteiger partial charge in [0.15, 0.2) is 6.29 Å². The van der Waals surface area contributed by atoms with Gasteiger partial charge in [0.2, 0.25) is 0 Å². The van der Waals surface area contributed by atoms with Gasteiger partial charge in [0.25, 0.3) is 0 Å². The summed E-state index contributed by atoms with van der Waals surface area (Å²) in [5.74, 6) is 3.01. The van der Waals surface area contributed by atoms with Crippen molar-refractivity contribution in [2.24, 2.45) is 45.3 Å². The molecule has 13 atom stereocenters. The quantitative estimate of drug-likeness (QED) is 0.360. The number of nitrogens with zero attached hydrogens (tertiary/aromatic N) is 1. The van der Waals surface area contributed by atoms with E-state index < -0.39 is 5.60 Å². The standard InChI is InChI=1S/C38H63NO6/c1-7-42-33(35(4,5)40)28-10-8-26-29(44-28)20-27-25-9-11-30-34(2,3)31(12-14-38(30)23-37(25,38)16-15-36(26,27)6)45-32-21-39(17-19-43-32)24-13-18-41-22-24/h24-33,40H,7-23H2,1-6H3. The van der Waals surface area contributed by atoms with E-state index in [-0.39, 0.29) is 30.0 Å². The molecule has 3 aliphatic heterocycles. The van der Waals surface area contributed by atoms with E-state index in [1.165, 1.54) is 57.8 Å². The van der Waals surface area contributed by atoms with Crippen molar-refractivity contribution < 1.29 is 28.8 Å². The molecule has 45 heavy (non-hydrogen) atoms. The van der Waals surface area contributed by atoms with Crippen LogP contribution in [0.4, 0.5) is 0 Å². The molecule has 8 aliphatic rings. The Balaban J connectivity index is 0.960. The molecule has 8 fully saturated rings.